The molecule has 0 spiro atoms. The first-order valence-corrected chi connectivity index (χ1v) is 9.91. The summed E-state index contributed by atoms with van der Waals surface area (Å²) in [6.07, 6.45) is 0. The Labute approximate surface area is 170 Å². The lowest BCUT2D eigenvalue weighted by Gasteiger charge is -2.29. The molecule has 3 heteroatoms. The summed E-state index contributed by atoms with van der Waals surface area (Å²) in [6, 6.07) is 34.6. The third-order valence-electron chi connectivity index (χ3n) is 5.80. The average Bonchev–Trinajstić information content (AvgIpc) is 3.12. The SMILES string of the molecule is O=C1N(Cc2cccc3ccccc23)CNC1(c1ccccc1)c1ccccc1. The topological polar surface area (TPSA) is 32.3 Å². The Morgan fingerprint density at radius 2 is 1.31 bits per heavy atom. The number of nitrogens with zero attached hydrogens (tertiary/aromatic N) is 1. The molecule has 4 aromatic carbocycles. The Kier molecular flexibility index (Phi) is 4.38. The van der Waals surface area contributed by atoms with Crippen molar-refractivity contribution < 1.29 is 4.79 Å². The smallest absolute Gasteiger partial charge is 0.253 e. The summed E-state index contributed by atoms with van der Waals surface area (Å²) < 4.78 is 0. The van der Waals surface area contributed by atoms with Crippen LogP contribution in [0.1, 0.15) is 16.7 Å². The third kappa shape index (κ3) is 2.91. The zero-order valence-corrected chi connectivity index (χ0v) is 16.1. The highest BCUT2D eigenvalue weighted by Crippen LogP contribution is 2.36. The molecule has 1 saturated heterocycles. The monoisotopic (exact) mass is 378 g/mol. The molecule has 1 aliphatic rings. The lowest BCUT2D eigenvalue weighted by Crippen LogP contribution is -2.44. The number of fused-ring (bicyclic) bond motifs is 1. The highest BCUT2D eigenvalue weighted by atomic mass is 16.2. The third-order valence-corrected chi connectivity index (χ3v) is 5.80. The van der Waals surface area contributed by atoms with E-state index in [1.165, 1.54) is 10.8 Å². The van der Waals surface area contributed by atoms with Gasteiger partial charge < -0.3 is 4.90 Å². The van der Waals surface area contributed by atoms with E-state index in [0.29, 0.717) is 13.2 Å². The number of benzene rings is 4. The van der Waals surface area contributed by atoms with Crippen molar-refractivity contribution in [2.24, 2.45) is 0 Å². The highest BCUT2D eigenvalue weighted by molar-refractivity contribution is 5.94. The average molecular weight is 378 g/mol. The van der Waals surface area contributed by atoms with Crippen molar-refractivity contribution in [1.82, 2.24) is 10.2 Å². The minimum Gasteiger partial charge on any atom is -0.323 e. The van der Waals surface area contributed by atoms with Crippen LogP contribution in [0.25, 0.3) is 10.8 Å². The maximum absolute atomic E-state index is 13.8. The van der Waals surface area contributed by atoms with E-state index >= 15 is 0 Å². The molecule has 142 valence electrons. The lowest BCUT2D eigenvalue weighted by atomic mass is 9.82. The van der Waals surface area contributed by atoms with Crippen molar-refractivity contribution in [2.75, 3.05) is 6.67 Å². The Hall–Kier alpha value is -3.43. The molecule has 0 saturated carbocycles. The largest absolute Gasteiger partial charge is 0.323 e. The van der Waals surface area contributed by atoms with Crippen molar-refractivity contribution in [3.05, 3.63) is 120 Å². The molecule has 0 atom stereocenters. The summed E-state index contributed by atoms with van der Waals surface area (Å²) >= 11 is 0. The van der Waals surface area contributed by atoms with Crippen LogP contribution in [-0.2, 0) is 16.9 Å². The number of rotatable bonds is 4. The molecule has 1 heterocycles. The van der Waals surface area contributed by atoms with E-state index in [1.54, 1.807) is 0 Å². The zero-order chi connectivity index (χ0) is 19.7. The fraction of sp³-hybridized carbons (Fsp3) is 0.115. The van der Waals surface area contributed by atoms with Crippen LogP contribution in [-0.4, -0.2) is 17.5 Å². The molecule has 1 fully saturated rings. The van der Waals surface area contributed by atoms with Crippen LogP contribution in [0.3, 0.4) is 0 Å². The first-order valence-electron chi connectivity index (χ1n) is 9.91. The first-order chi connectivity index (χ1) is 14.3. The minimum atomic E-state index is -0.854. The van der Waals surface area contributed by atoms with Gasteiger partial charge in [-0.1, -0.05) is 103 Å². The predicted molar refractivity (Wildman–Crippen MR) is 116 cm³/mol. The van der Waals surface area contributed by atoms with Crippen LogP contribution in [0.15, 0.2) is 103 Å². The van der Waals surface area contributed by atoms with Crippen molar-refractivity contribution in [3.63, 3.8) is 0 Å². The fourth-order valence-electron chi connectivity index (χ4n) is 4.36. The van der Waals surface area contributed by atoms with Crippen LogP contribution in [0, 0.1) is 0 Å². The Bertz CT molecular complexity index is 1110. The molecule has 4 aromatic rings. The maximum Gasteiger partial charge on any atom is 0.253 e. The van der Waals surface area contributed by atoms with Crippen LogP contribution < -0.4 is 5.32 Å². The number of nitrogens with one attached hydrogen (secondary N) is 1. The van der Waals surface area contributed by atoms with Gasteiger partial charge in [-0.3, -0.25) is 10.1 Å². The predicted octanol–water partition coefficient (Wildman–Crippen LogP) is 4.67. The van der Waals surface area contributed by atoms with E-state index in [4.69, 9.17) is 0 Å². The second kappa shape index (κ2) is 7.19. The van der Waals surface area contributed by atoms with Gasteiger partial charge in [0.15, 0.2) is 5.54 Å². The molecule has 1 amide bonds. The van der Waals surface area contributed by atoms with Crippen LogP contribution >= 0.6 is 0 Å². The van der Waals surface area contributed by atoms with Crippen molar-refractivity contribution in [3.8, 4) is 0 Å². The second-order valence-electron chi connectivity index (χ2n) is 7.46. The standard InChI is InChI=1S/C26H22N2O/c29-25-26(22-13-3-1-4-14-22,23-15-5-2-6-16-23)27-19-28(25)18-21-12-9-11-20-10-7-8-17-24(20)21/h1-17,27H,18-19H2. The number of hydrogen-bond donors (Lipinski definition) is 1. The molecule has 0 aromatic heterocycles. The summed E-state index contributed by atoms with van der Waals surface area (Å²) in [5.41, 5.74) is 2.25. The van der Waals surface area contributed by atoms with Gasteiger partial charge >= 0.3 is 0 Å². The Morgan fingerprint density at radius 1 is 0.724 bits per heavy atom. The Balaban J connectivity index is 1.56. The number of amides is 1. The molecule has 0 radical (unpaired) electrons. The molecule has 1 N–H and O–H groups in total. The van der Waals surface area contributed by atoms with Gasteiger partial charge in [0.2, 0.25) is 0 Å². The number of carbonyl (C=O) groups is 1. The van der Waals surface area contributed by atoms with E-state index in [2.05, 4.69) is 35.6 Å². The summed E-state index contributed by atoms with van der Waals surface area (Å²) in [6.45, 7) is 1.08. The van der Waals surface area contributed by atoms with Gasteiger partial charge in [-0.05, 0) is 27.5 Å². The molecule has 3 nitrogen and oxygen atoms in total. The van der Waals surface area contributed by atoms with Crippen LogP contribution in [0.4, 0.5) is 0 Å². The fourth-order valence-corrected chi connectivity index (χ4v) is 4.36. The highest BCUT2D eigenvalue weighted by Gasteiger charge is 2.49. The van der Waals surface area contributed by atoms with Gasteiger partial charge in [0, 0.05) is 6.54 Å². The van der Waals surface area contributed by atoms with E-state index in [0.717, 1.165) is 16.7 Å². The zero-order valence-electron chi connectivity index (χ0n) is 16.1. The lowest BCUT2D eigenvalue weighted by molar-refractivity contribution is -0.131. The van der Waals surface area contributed by atoms with Gasteiger partial charge in [-0.15, -0.1) is 0 Å². The van der Waals surface area contributed by atoms with E-state index < -0.39 is 5.54 Å². The molecular weight excluding hydrogens is 356 g/mol. The molecule has 0 bridgehead atoms. The van der Waals surface area contributed by atoms with Crippen molar-refractivity contribution in [1.29, 1.82) is 0 Å². The van der Waals surface area contributed by atoms with Crippen molar-refractivity contribution in [2.45, 2.75) is 12.1 Å². The normalized spacial score (nSPS) is 15.7. The van der Waals surface area contributed by atoms with Crippen LogP contribution in [0.2, 0.25) is 0 Å². The van der Waals surface area contributed by atoms with Gasteiger partial charge in [0.25, 0.3) is 5.91 Å². The summed E-state index contributed by atoms with van der Waals surface area (Å²) in [5.74, 6) is 0.0860. The van der Waals surface area contributed by atoms with Crippen LogP contribution in [0.5, 0.6) is 0 Å². The number of carbonyl (C=O) groups excluding carboxylic acids is 1. The van der Waals surface area contributed by atoms with Gasteiger partial charge in [0.1, 0.15) is 0 Å². The van der Waals surface area contributed by atoms with Gasteiger partial charge in [-0.2, -0.15) is 0 Å². The molecule has 0 aliphatic carbocycles. The van der Waals surface area contributed by atoms with E-state index in [9.17, 15) is 4.79 Å². The number of hydrogen-bond acceptors (Lipinski definition) is 2. The van der Waals surface area contributed by atoms with Crippen molar-refractivity contribution >= 4 is 16.7 Å². The van der Waals surface area contributed by atoms with Gasteiger partial charge in [0.05, 0.1) is 6.67 Å². The summed E-state index contributed by atoms with van der Waals surface area (Å²) in [5, 5.41) is 5.94. The molecule has 0 unspecified atom stereocenters. The quantitative estimate of drug-likeness (QED) is 0.560. The summed E-state index contributed by atoms with van der Waals surface area (Å²) in [4.78, 5) is 15.8. The minimum absolute atomic E-state index is 0.0860. The maximum atomic E-state index is 13.8. The Morgan fingerprint density at radius 3 is 2.00 bits per heavy atom. The first kappa shape index (κ1) is 17.7. The molecular formula is C26H22N2O. The molecule has 1 aliphatic heterocycles. The van der Waals surface area contributed by atoms with Gasteiger partial charge in [-0.25, -0.2) is 0 Å². The summed E-state index contributed by atoms with van der Waals surface area (Å²) in [7, 11) is 0. The van der Waals surface area contributed by atoms with E-state index in [1.807, 2.05) is 77.7 Å². The molecule has 5 rings (SSSR count). The van der Waals surface area contributed by atoms with E-state index in [-0.39, 0.29) is 5.91 Å². The second-order valence-corrected chi connectivity index (χ2v) is 7.46. The molecule has 29 heavy (non-hydrogen) atoms.